The highest BCUT2D eigenvalue weighted by atomic mass is 32.2. The van der Waals surface area contributed by atoms with E-state index in [0.29, 0.717) is 0 Å². The summed E-state index contributed by atoms with van der Waals surface area (Å²) in [5.41, 5.74) is 2.27. The molecule has 0 bridgehead atoms. The first kappa shape index (κ1) is 14.3. The molecule has 0 saturated carbocycles. The number of nitrogens with zero attached hydrogens (tertiary/aromatic N) is 5. The third kappa shape index (κ3) is 2.85. The van der Waals surface area contributed by atoms with Crippen molar-refractivity contribution in [2.24, 2.45) is 0 Å². The Morgan fingerprint density at radius 1 is 1.14 bits per heavy atom. The van der Waals surface area contributed by atoms with E-state index < -0.39 is 0 Å². The maximum absolute atomic E-state index is 4.74. The minimum Gasteiger partial charge on any atom is -0.346 e. The van der Waals surface area contributed by atoms with E-state index in [1.807, 2.05) is 24.7 Å². The number of anilines is 1. The quantitative estimate of drug-likeness (QED) is 0.628. The summed E-state index contributed by atoms with van der Waals surface area (Å²) in [7, 11) is 0. The van der Waals surface area contributed by atoms with E-state index in [0.717, 1.165) is 35.6 Å². The summed E-state index contributed by atoms with van der Waals surface area (Å²) in [5, 5.41) is 0.796. The Labute approximate surface area is 129 Å². The van der Waals surface area contributed by atoms with Crippen molar-refractivity contribution in [3.63, 3.8) is 0 Å². The molecule has 21 heavy (non-hydrogen) atoms. The van der Waals surface area contributed by atoms with Crippen LogP contribution in [0.4, 0.5) is 5.82 Å². The fourth-order valence-corrected chi connectivity index (χ4v) is 2.63. The lowest BCUT2D eigenvalue weighted by atomic mass is 9.95. The fraction of sp³-hybridized carbons (Fsp3) is 0.467. The van der Waals surface area contributed by atoms with Crippen molar-refractivity contribution in [3.05, 3.63) is 35.5 Å². The average Bonchev–Trinajstić information content (AvgIpc) is 2.89. The zero-order valence-electron chi connectivity index (χ0n) is 12.8. The topological polar surface area (TPSA) is 54.8 Å². The van der Waals surface area contributed by atoms with Gasteiger partial charge in [-0.1, -0.05) is 32.5 Å². The Morgan fingerprint density at radius 2 is 1.95 bits per heavy atom. The number of aromatic nitrogens is 4. The van der Waals surface area contributed by atoms with Crippen molar-refractivity contribution >= 4 is 17.6 Å². The van der Waals surface area contributed by atoms with Crippen LogP contribution in [0.5, 0.6) is 0 Å². The van der Waals surface area contributed by atoms with Crippen molar-refractivity contribution in [1.82, 2.24) is 19.9 Å². The zero-order chi connectivity index (χ0) is 15.0. The number of thioether (sulfide) groups is 1. The van der Waals surface area contributed by atoms with Gasteiger partial charge >= 0.3 is 0 Å². The number of hydrogen-bond acceptors (Lipinski definition) is 6. The molecule has 3 rings (SSSR count). The van der Waals surface area contributed by atoms with Crippen molar-refractivity contribution in [2.45, 2.75) is 44.4 Å². The highest BCUT2D eigenvalue weighted by molar-refractivity contribution is 7.98. The molecule has 0 amide bonds. The van der Waals surface area contributed by atoms with Crippen LogP contribution in [0.25, 0.3) is 0 Å². The summed E-state index contributed by atoms with van der Waals surface area (Å²) in [6.07, 6.45) is 5.75. The molecule has 0 spiro atoms. The molecule has 0 saturated heterocycles. The lowest BCUT2D eigenvalue weighted by Crippen LogP contribution is -2.17. The molecular formula is C15H19N5S. The Bertz CT molecular complexity index is 665. The molecule has 0 unspecified atom stereocenters. The smallest absolute Gasteiger partial charge is 0.189 e. The van der Waals surface area contributed by atoms with Gasteiger partial charge in [0.2, 0.25) is 0 Å². The Kier molecular flexibility index (Phi) is 3.57. The van der Waals surface area contributed by atoms with E-state index >= 15 is 0 Å². The van der Waals surface area contributed by atoms with Crippen LogP contribution >= 0.6 is 11.8 Å². The van der Waals surface area contributed by atoms with Crippen LogP contribution < -0.4 is 4.90 Å². The van der Waals surface area contributed by atoms with E-state index in [4.69, 9.17) is 4.98 Å². The number of fused-ring (bicyclic) bond motifs is 1. The number of rotatable bonds is 2. The zero-order valence-corrected chi connectivity index (χ0v) is 13.6. The first-order chi connectivity index (χ1) is 9.97. The molecule has 0 fully saturated rings. The van der Waals surface area contributed by atoms with Gasteiger partial charge in [-0.3, -0.25) is 0 Å². The highest BCUT2D eigenvalue weighted by Crippen LogP contribution is 2.28. The summed E-state index contributed by atoms with van der Waals surface area (Å²) < 4.78 is 0. The molecule has 0 radical (unpaired) electrons. The van der Waals surface area contributed by atoms with Gasteiger partial charge in [0.1, 0.15) is 11.6 Å². The van der Waals surface area contributed by atoms with E-state index in [2.05, 4.69) is 40.6 Å². The van der Waals surface area contributed by atoms with Crippen molar-refractivity contribution in [1.29, 1.82) is 0 Å². The lowest BCUT2D eigenvalue weighted by molar-refractivity contribution is 0.541. The van der Waals surface area contributed by atoms with Gasteiger partial charge in [-0.25, -0.2) is 19.9 Å². The summed E-state index contributed by atoms with van der Waals surface area (Å²) in [5.74, 6) is 1.85. The lowest BCUT2D eigenvalue weighted by Gasteiger charge is -2.17. The van der Waals surface area contributed by atoms with E-state index in [1.165, 1.54) is 5.56 Å². The summed E-state index contributed by atoms with van der Waals surface area (Å²) in [6.45, 7) is 8.00. The van der Waals surface area contributed by atoms with Crippen molar-refractivity contribution in [2.75, 3.05) is 11.2 Å². The number of hydrogen-bond donors (Lipinski definition) is 0. The summed E-state index contributed by atoms with van der Waals surface area (Å²) >= 11 is 1.55. The minimum atomic E-state index is -0.0244. The maximum atomic E-state index is 4.74. The summed E-state index contributed by atoms with van der Waals surface area (Å²) in [4.78, 5) is 20.2. The second-order valence-corrected chi connectivity index (χ2v) is 6.95. The highest BCUT2D eigenvalue weighted by Gasteiger charge is 2.25. The van der Waals surface area contributed by atoms with Gasteiger partial charge in [-0.15, -0.1) is 0 Å². The van der Waals surface area contributed by atoms with Crippen LogP contribution in [-0.2, 0) is 18.5 Å². The van der Waals surface area contributed by atoms with Crippen molar-refractivity contribution in [3.8, 4) is 0 Å². The molecule has 0 N–H and O–H groups in total. The monoisotopic (exact) mass is 301 g/mol. The normalized spacial score (nSPS) is 14.4. The molecule has 1 aliphatic rings. The molecule has 2 aromatic heterocycles. The van der Waals surface area contributed by atoms with Crippen LogP contribution in [0.2, 0.25) is 0 Å². The SMILES string of the molecule is CSc1nccc(N2Cc3cnc(C(C)(C)C)nc3C2)n1. The van der Waals surface area contributed by atoms with Crippen molar-refractivity contribution < 1.29 is 0 Å². The molecule has 0 aliphatic carbocycles. The standard InChI is InChI=1S/C15H19N5S/c1-15(2,3)13-17-7-10-8-20(9-11(10)18-13)12-5-6-16-14(19-12)21-4/h5-7H,8-9H2,1-4H3. The first-order valence-corrected chi connectivity index (χ1v) is 8.17. The van der Waals surface area contributed by atoms with E-state index in [9.17, 15) is 0 Å². The molecule has 3 heterocycles. The average molecular weight is 301 g/mol. The van der Waals surface area contributed by atoms with Crippen LogP contribution in [0.3, 0.4) is 0 Å². The molecule has 0 atom stereocenters. The van der Waals surface area contributed by atoms with Gasteiger partial charge in [-0.2, -0.15) is 0 Å². The van der Waals surface area contributed by atoms with Gasteiger partial charge in [0.05, 0.1) is 12.2 Å². The minimum absolute atomic E-state index is 0.0244. The van der Waals surface area contributed by atoms with Gasteiger partial charge in [-0.05, 0) is 12.3 Å². The van der Waals surface area contributed by atoms with E-state index in [-0.39, 0.29) is 5.41 Å². The van der Waals surface area contributed by atoms with Gasteiger partial charge in [0, 0.05) is 29.9 Å². The predicted octanol–water partition coefficient (Wildman–Crippen LogP) is 2.81. The molecule has 6 heteroatoms. The third-order valence-electron chi connectivity index (χ3n) is 3.45. The van der Waals surface area contributed by atoms with E-state index in [1.54, 1.807) is 11.8 Å². The molecule has 2 aromatic rings. The largest absolute Gasteiger partial charge is 0.346 e. The molecular weight excluding hydrogens is 282 g/mol. The fourth-order valence-electron chi connectivity index (χ4n) is 2.28. The second kappa shape index (κ2) is 5.26. The van der Waals surface area contributed by atoms with Gasteiger partial charge in [0.15, 0.2) is 5.16 Å². The van der Waals surface area contributed by atoms with Crippen LogP contribution in [0.15, 0.2) is 23.6 Å². The predicted molar refractivity (Wildman–Crippen MR) is 84.4 cm³/mol. The van der Waals surface area contributed by atoms with Crippen LogP contribution in [0.1, 0.15) is 37.9 Å². The third-order valence-corrected chi connectivity index (χ3v) is 4.01. The summed E-state index contributed by atoms with van der Waals surface area (Å²) in [6, 6.07) is 1.95. The maximum Gasteiger partial charge on any atom is 0.189 e. The molecule has 5 nitrogen and oxygen atoms in total. The van der Waals surface area contributed by atoms with Crippen LogP contribution in [-0.4, -0.2) is 26.2 Å². The van der Waals surface area contributed by atoms with Gasteiger partial charge in [0.25, 0.3) is 0 Å². The molecule has 110 valence electrons. The van der Waals surface area contributed by atoms with Crippen LogP contribution in [0, 0.1) is 0 Å². The second-order valence-electron chi connectivity index (χ2n) is 6.17. The molecule has 1 aliphatic heterocycles. The Balaban J connectivity index is 1.87. The van der Waals surface area contributed by atoms with Gasteiger partial charge < -0.3 is 4.90 Å². The Hall–Kier alpha value is -1.69. The first-order valence-electron chi connectivity index (χ1n) is 6.94. The molecule has 0 aromatic carbocycles. The Morgan fingerprint density at radius 3 is 2.67 bits per heavy atom.